The number of aliphatic hydroxyl groups excluding tert-OH is 8. The molecule has 2 fully saturated rings. The number of aliphatic hydroxyl groups is 8. The van der Waals surface area contributed by atoms with Gasteiger partial charge in [-0.25, -0.2) is 0 Å². The van der Waals surface area contributed by atoms with E-state index in [1.54, 1.807) is 6.08 Å². The van der Waals surface area contributed by atoms with E-state index < -0.39 is 86.8 Å². The van der Waals surface area contributed by atoms with Gasteiger partial charge in [0.25, 0.3) is 0 Å². The minimum atomic E-state index is -1.79. The molecular weight excluding hydrogens is 811 g/mol. The Kier molecular flexibility index (Phi) is 33.4. The van der Waals surface area contributed by atoms with Crippen LogP contribution in [0.15, 0.2) is 24.3 Å². The molecule has 14 nitrogen and oxygen atoms in total. The van der Waals surface area contributed by atoms with Gasteiger partial charge in [0.2, 0.25) is 5.91 Å². The zero-order chi connectivity index (χ0) is 46.1. The van der Waals surface area contributed by atoms with Crippen LogP contribution in [-0.2, 0) is 23.7 Å². The standard InChI is InChI=1S/C49H91NO13/c1-3-5-7-9-11-13-15-16-17-18-19-20-21-23-25-27-29-31-33-41(54)50-37(38(53)32-30-28-26-24-22-14-12-10-8-6-4-2)36-60-48-46(59)44(57)47(40(35-52)62-48)63-49-45(58)43(56)42(55)39(34-51)61-49/h22,24,30,32,37-40,42-49,51-53,55-59H,3-21,23,25-29,31,33-36H2,1-2H3,(H,50,54)/b24-22+,32-30+. The zero-order valence-corrected chi connectivity index (χ0v) is 39.1. The summed E-state index contributed by atoms with van der Waals surface area (Å²) in [5.41, 5.74) is 0. The number of carbonyl (C=O) groups excluding carboxylic acids is 1. The van der Waals surface area contributed by atoms with Gasteiger partial charge in [0, 0.05) is 6.42 Å². The van der Waals surface area contributed by atoms with E-state index in [2.05, 4.69) is 31.3 Å². The van der Waals surface area contributed by atoms with E-state index in [0.29, 0.717) is 12.8 Å². The molecule has 2 rings (SSSR count). The first-order valence-electron chi connectivity index (χ1n) is 25.1. The van der Waals surface area contributed by atoms with Gasteiger partial charge in [0.05, 0.1) is 32.0 Å². The molecule has 0 radical (unpaired) electrons. The first-order chi connectivity index (χ1) is 30.6. The normalized spacial score (nSPS) is 27.7. The van der Waals surface area contributed by atoms with Crippen LogP contribution in [0, 0.1) is 0 Å². The topological polar surface area (TPSA) is 228 Å². The molecular formula is C49H91NO13. The molecule has 0 aliphatic carbocycles. The van der Waals surface area contributed by atoms with Gasteiger partial charge in [-0.2, -0.15) is 0 Å². The van der Waals surface area contributed by atoms with E-state index in [1.807, 2.05) is 6.08 Å². The number of carbonyl (C=O) groups is 1. The van der Waals surface area contributed by atoms with Gasteiger partial charge in [0.15, 0.2) is 12.6 Å². The van der Waals surface area contributed by atoms with E-state index in [4.69, 9.17) is 18.9 Å². The number of amides is 1. The highest BCUT2D eigenvalue weighted by atomic mass is 16.7. The Bertz CT molecular complexity index is 1160. The summed E-state index contributed by atoms with van der Waals surface area (Å²) in [4.78, 5) is 13.1. The predicted molar refractivity (Wildman–Crippen MR) is 245 cm³/mol. The van der Waals surface area contributed by atoms with Gasteiger partial charge >= 0.3 is 0 Å². The lowest BCUT2D eigenvalue weighted by Gasteiger charge is -2.46. The third kappa shape index (κ3) is 24.2. The van der Waals surface area contributed by atoms with Gasteiger partial charge in [-0.1, -0.05) is 173 Å². The predicted octanol–water partition coefficient (Wildman–Crippen LogP) is 6.16. The molecule has 14 heteroatoms. The lowest BCUT2D eigenvalue weighted by molar-refractivity contribution is -0.359. The second kappa shape index (κ2) is 36.6. The summed E-state index contributed by atoms with van der Waals surface area (Å²) in [5.74, 6) is -0.249. The second-order valence-corrected chi connectivity index (χ2v) is 17.9. The minimum Gasteiger partial charge on any atom is -0.394 e. The summed E-state index contributed by atoms with van der Waals surface area (Å²) < 4.78 is 22.6. The smallest absolute Gasteiger partial charge is 0.220 e. The van der Waals surface area contributed by atoms with Crippen LogP contribution in [-0.4, -0.2) is 140 Å². The third-order valence-corrected chi connectivity index (χ3v) is 12.4. The Hall–Kier alpha value is -1.53. The number of nitrogens with one attached hydrogen (secondary N) is 1. The fourth-order valence-electron chi connectivity index (χ4n) is 8.25. The lowest BCUT2D eigenvalue weighted by atomic mass is 9.97. The van der Waals surface area contributed by atoms with Crippen molar-refractivity contribution in [2.45, 2.75) is 261 Å². The molecule has 2 heterocycles. The van der Waals surface area contributed by atoms with Crippen LogP contribution in [0.25, 0.3) is 0 Å². The summed E-state index contributed by atoms with van der Waals surface area (Å²) in [6.07, 6.45) is 22.3. The summed E-state index contributed by atoms with van der Waals surface area (Å²) in [6.45, 7) is 2.74. The van der Waals surface area contributed by atoms with Crippen molar-refractivity contribution in [3.8, 4) is 0 Å². The molecule has 12 atom stereocenters. The summed E-state index contributed by atoms with van der Waals surface area (Å²) in [7, 11) is 0. The molecule has 0 bridgehead atoms. The van der Waals surface area contributed by atoms with E-state index in [0.717, 1.165) is 32.1 Å². The Balaban J connectivity index is 1.83. The van der Waals surface area contributed by atoms with Gasteiger partial charge in [-0.15, -0.1) is 0 Å². The Morgan fingerprint density at radius 3 is 1.56 bits per heavy atom. The highest BCUT2D eigenvalue weighted by Gasteiger charge is 2.51. The van der Waals surface area contributed by atoms with Crippen molar-refractivity contribution in [2.24, 2.45) is 0 Å². The van der Waals surface area contributed by atoms with Crippen molar-refractivity contribution in [1.29, 1.82) is 0 Å². The Labute approximate surface area is 379 Å². The monoisotopic (exact) mass is 902 g/mol. The van der Waals surface area contributed by atoms with Crippen molar-refractivity contribution in [2.75, 3.05) is 19.8 Å². The maximum atomic E-state index is 13.1. The van der Waals surface area contributed by atoms with Crippen LogP contribution >= 0.6 is 0 Å². The molecule has 63 heavy (non-hydrogen) atoms. The molecule has 2 aliphatic heterocycles. The highest BCUT2D eigenvalue weighted by Crippen LogP contribution is 2.30. The minimum absolute atomic E-state index is 0.249. The molecule has 0 spiro atoms. The molecule has 370 valence electrons. The molecule has 2 aliphatic rings. The molecule has 12 unspecified atom stereocenters. The maximum Gasteiger partial charge on any atom is 0.220 e. The molecule has 1 amide bonds. The number of allylic oxidation sites excluding steroid dienone is 3. The molecule has 0 aromatic heterocycles. The highest BCUT2D eigenvalue weighted by molar-refractivity contribution is 5.76. The molecule has 2 saturated heterocycles. The van der Waals surface area contributed by atoms with E-state index in [1.165, 1.54) is 122 Å². The Morgan fingerprint density at radius 2 is 1.02 bits per heavy atom. The van der Waals surface area contributed by atoms with Crippen LogP contribution in [0.3, 0.4) is 0 Å². The van der Waals surface area contributed by atoms with Crippen molar-refractivity contribution >= 4 is 5.91 Å². The van der Waals surface area contributed by atoms with Crippen LogP contribution in [0.1, 0.15) is 187 Å². The average Bonchev–Trinajstić information content (AvgIpc) is 3.28. The average molecular weight is 902 g/mol. The summed E-state index contributed by atoms with van der Waals surface area (Å²) in [5, 5.41) is 86.5. The molecule has 0 aromatic carbocycles. The quantitative estimate of drug-likeness (QED) is 0.0250. The first kappa shape index (κ1) is 57.6. The van der Waals surface area contributed by atoms with Gasteiger partial charge in [0.1, 0.15) is 48.8 Å². The van der Waals surface area contributed by atoms with E-state index in [-0.39, 0.29) is 18.9 Å². The molecule has 9 N–H and O–H groups in total. The first-order valence-corrected chi connectivity index (χ1v) is 25.1. The summed E-state index contributed by atoms with van der Waals surface area (Å²) >= 11 is 0. The van der Waals surface area contributed by atoms with Crippen LogP contribution in [0.4, 0.5) is 0 Å². The fraction of sp³-hybridized carbons (Fsp3) is 0.898. The fourth-order valence-corrected chi connectivity index (χ4v) is 8.25. The van der Waals surface area contributed by atoms with Crippen LogP contribution in [0.2, 0.25) is 0 Å². The van der Waals surface area contributed by atoms with Gasteiger partial charge in [-0.3, -0.25) is 4.79 Å². The second-order valence-electron chi connectivity index (χ2n) is 17.9. The largest absolute Gasteiger partial charge is 0.394 e. The van der Waals surface area contributed by atoms with Crippen LogP contribution in [0.5, 0.6) is 0 Å². The summed E-state index contributed by atoms with van der Waals surface area (Å²) in [6, 6.07) is -0.924. The maximum absolute atomic E-state index is 13.1. The zero-order valence-electron chi connectivity index (χ0n) is 39.1. The number of hydrogen-bond acceptors (Lipinski definition) is 13. The number of rotatable bonds is 38. The van der Waals surface area contributed by atoms with Crippen molar-refractivity contribution in [1.82, 2.24) is 5.32 Å². The number of ether oxygens (including phenoxy) is 4. The van der Waals surface area contributed by atoms with E-state index >= 15 is 0 Å². The number of unbranched alkanes of at least 4 members (excludes halogenated alkanes) is 23. The Morgan fingerprint density at radius 1 is 0.556 bits per heavy atom. The SMILES string of the molecule is CCCCCCC/C=C/CC/C=C/C(O)C(COC1OC(CO)C(OC2OC(CO)C(O)C(O)C2O)C(O)C1O)NC(=O)CCCCCCCCCCCCCCCCCCCC. The van der Waals surface area contributed by atoms with Crippen LogP contribution < -0.4 is 5.32 Å². The van der Waals surface area contributed by atoms with Crippen molar-refractivity contribution in [3.63, 3.8) is 0 Å². The molecule has 0 aromatic rings. The van der Waals surface area contributed by atoms with Gasteiger partial charge < -0.3 is 65.1 Å². The van der Waals surface area contributed by atoms with Gasteiger partial charge in [-0.05, 0) is 32.1 Å². The van der Waals surface area contributed by atoms with Crippen molar-refractivity contribution < 1.29 is 64.6 Å². The third-order valence-electron chi connectivity index (χ3n) is 12.4. The number of hydrogen-bond donors (Lipinski definition) is 9. The lowest BCUT2D eigenvalue weighted by Crippen LogP contribution is -2.65. The van der Waals surface area contributed by atoms with E-state index in [9.17, 15) is 45.6 Å². The molecule has 0 saturated carbocycles. The van der Waals surface area contributed by atoms with Crippen molar-refractivity contribution in [3.05, 3.63) is 24.3 Å².